The third kappa shape index (κ3) is 12.0. The minimum absolute atomic E-state index is 0. The first-order valence-corrected chi connectivity index (χ1v) is 6.17. The molecule has 0 radical (unpaired) electrons. The first-order valence-electron chi connectivity index (χ1n) is 1.87. The zero-order valence-corrected chi connectivity index (χ0v) is 7.38. The summed E-state index contributed by atoms with van der Waals surface area (Å²) < 4.78 is 0. The van der Waals surface area contributed by atoms with Crippen LogP contribution in [-0.4, -0.2) is 15.5 Å². The zero-order chi connectivity index (χ0) is 6.62. The Labute approximate surface area is 63.7 Å². The standard InChI is InChI=1S/C3H7O2PS2.H3N/c1-2-3-8-6(4,5)7;/h2H,1,3H2,(H2,4,5,7);1H3. The van der Waals surface area contributed by atoms with Gasteiger partial charge in [0.1, 0.15) is 0 Å². The van der Waals surface area contributed by atoms with E-state index in [1.165, 1.54) is 0 Å². The van der Waals surface area contributed by atoms with Crippen molar-refractivity contribution in [2.24, 2.45) is 0 Å². The van der Waals surface area contributed by atoms with Gasteiger partial charge in [0.05, 0.1) is 0 Å². The molecule has 0 bridgehead atoms. The molecule has 0 heterocycles. The molecule has 0 aliphatic rings. The van der Waals surface area contributed by atoms with Gasteiger partial charge in [0, 0.05) is 5.75 Å². The normalized spacial score (nSPS) is 10.0. The molecule has 56 valence electrons. The van der Waals surface area contributed by atoms with E-state index in [0.717, 1.165) is 11.4 Å². The summed E-state index contributed by atoms with van der Waals surface area (Å²) in [6, 6.07) is 0. The van der Waals surface area contributed by atoms with Crippen molar-refractivity contribution in [3.8, 4) is 0 Å². The van der Waals surface area contributed by atoms with Gasteiger partial charge in [0.2, 0.25) is 5.69 Å². The van der Waals surface area contributed by atoms with Gasteiger partial charge >= 0.3 is 0 Å². The molecule has 0 spiro atoms. The maximum atomic E-state index is 8.55. The average Bonchev–Trinajstić information content (AvgIpc) is 1.59. The molecule has 0 atom stereocenters. The second-order valence-corrected chi connectivity index (χ2v) is 7.17. The average molecular weight is 187 g/mol. The molecule has 0 fully saturated rings. The number of hydrogen-bond acceptors (Lipinski definition) is 3. The van der Waals surface area contributed by atoms with Gasteiger partial charge < -0.3 is 15.9 Å². The van der Waals surface area contributed by atoms with Gasteiger partial charge in [-0.1, -0.05) is 17.5 Å². The molecule has 0 saturated carbocycles. The molecule has 0 rings (SSSR count). The number of hydrogen-bond donors (Lipinski definition) is 3. The van der Waals surface area contributed by atoms with Crippen molar-refractivity contribution in [1.82, 2.24) is 6.15 Å². The molecule has 0 saturated heterocycles. The van der Waals surface area contributed by atoms with Crippen LogP contribution in [0, 0.1) is 0 Å². The Balaban J connectivity index is 0. The van der Waals surface area contributed by atoms with Crippen LogP contribution in [-0.2, 0) is 11.8 Å². The van der Waals surface area contributed by atoms with Crippen LogP contribution in [0.25, 0.3) is 0 Å². The summed E-state index contributed by atoms with van der Waals surface area (Å²) in [7, 11) is 0. The molecule has 0 aromatic carbocycles. The summed E-state index contributed by atoms with van der Waals surface area (Å²) in [5, 5.41) is 0. The van der Waals surface area contributed by atoms with Gasteiger partial charge in [-0.25, -0.2) is 0 Å². The van der Waals surface area contributed by atoms with E-state index in [1.54, 1.807) is 6.08 Å². The fourth-order valence-electron chi connectivity index (χ4n) is 0.150. The summed E-state index contributed by atoms with van der Waals surface area (Å²) in [4.78, 5) is 17.1. The third-order valence-electron chi connectivity index (χ3n) is 0.361. The van der Waals surface area contributed by atoms with Gasteiger partial charge in [-0.05, 0) is 11.8 Å². The smallest absolute Gasteiger partial charge is 0.242 e. The van der Waals surface area contributed by atoms with E-state index in [0.29, 0.717) is 5.75 Å². The van der Waals surface area contributed by atoms with Crippen LogP contribution in [0.3, 0.4) is 0 Å². The molecule has 0 aliphatic heterocycles. The van der Waals surface area contributed by atoms with E-state index >= 15 is 0 Å². The summed E-state index contributed by atoms with van der Waals surface area (Å²) in [5.41, 5.74) is -3.00. The van der Waals surface area contributed by atoms with Crippen molar-refractivity contribution < 1.29 is 9.79 Å². The van der Waals surface area contributed by atoms with E-state index in [2.05, 4.69) is 18.4 Å². The number of rotatable bonds is 3. The Kier molecular flexibility index (Phi) is 7.40. The fourth-order valence-corrected chi connectivity index (χ4v) is 1.90. The first-order chi connectivity index (χ1) is 3.56. The third-order valence-corrected chi connectivity index (χ3v) is 3.49. The molecular formula is C3H10NO2PS2. The molecular weight excluding hydrogens is 177 g/mol. The highest BCUT2D eigenvalue weighted by atomic mass is 32.9. The van der Waals surface area contributed by atoms with Crippen LogP contribution in [0.2, 0.25) is 0 Å². The van der Waals surface area contributed by atoms with Crippen molar-refractivity contribution in [2.45, 2.75) is 0 Å². The lowest BCUT2D eigenvalue weighted by atomic mass is 10.8. The van der Waals surface area contributed by atoms with E-state index in [-0.39, 0.29) is 6.15 Å². The SMILES string of the molecule is C=CCSP(O)(O)=S.N. The van der Waals surface area contributed by atoms with Gasteiger partial charge in [0.15, 0.2) is 0 Å². The van der Waals surface area contributed by atoms with Crippen molar-refractivity contribution >= 4 is 28.9 Å². The van der Waals surface area contributed by atoms with Crippen molar-refractivity contribution in [2.75, 3.05) is 5.75 Å². The second-order valence-electron chi connectivity index (χ2n) is 1.08. The van der Waals surface area contributed by atoms with Crippen LogP contribution in [0.15, 0.2) is 12.7 Å². The predicted octanol–water partition coefficient (Wildman–Crippen LogP) is 1.28. The monoisotopic (exact) mass is 187 g/mol. The molecule has 0 unspecified atom stereocenters. The predicted molar refractivity (Wildman–Crippen MR) is 46.4 cm³/mol. The van der Waals surface area contributed by atoms with Gasteiger partial charge in [-0.3, -0.25) is 0 Å². The molecule has 0 amide bonds. The Morgan fingerprint density at radius 2 is 2.11 bits per heavy atom. The summed E-state index contributed by atoms with van der Waals surface area (Å²) in [6.07, 6.45) is 1.58. The first kappa shape index (κ1) is 12.3. The lowest BCUT2D eigenvalue weighted by Gasteiger charge is -2.01. The minimum atomic E-state index is -3.00. The summed E-state index contributed by atoms with van der Waals surface area (Å²) in [6.45, 7) is 3.39. The highest BCUT2D eigenvalue weighted by Gasteiger charge is 2.03. The van der Waals surface area contributed by atoms with Crippen LogP contribution in [0.5, 0.6) is 0 Å². The molecule has 6 heteroatoms. The van der Waals surface area contributed by atoms with Crippen LogP contribution in [0.4, 0.5) is 0 Å². The molecule has 5 N–H and O–H groups in total. The molecule has 3 nitrogen and oxygen atoms in total. The molecule has 9 heavy (non-hydrogen) atoms. The Morgan fingerprint density at radius 3 is 2.22 bits per heavy atom. The Hall–Kier alpha value is 0.620. The van der Waals surface area contributed by atoms with Gasteiger partial charge in [-0.2, -0.15) is 0 Å². The summed E-state index contributed by atoms with van der Waals surface area (Å²) >= 11 is 5.24. The maximum Gasteiger partial charge on any atom is 0.242 e. The highest BCUT2D eigenvalue weighted by molar-refractivity contribution is 8.67. The van der Waals surface area contributed by atoms with Crippen LogP contribution in [0.1, 0.15) is 0 Å². The Morgan fingerprint density at radius 1 is 1.67 bits per heavy atom. The topological polar surface area (TPSA) is 75.5 Å². The lowest BCUT2D eigenvalue weighted by Crippen LogP contribution is -1.70. The largest absolute Gasteiger partial charge is 0.344 e. The molecule has 0 aromatic rings. The molecule has 0 aliphatic carbocycles. The van der Waals surface area contributed by atoms with E-state index in [4.69, 9.17) is 9.79 Å². The van der Waals surface area contributed by atoms with Crippen molar-refractivity contribution in [1.29, 1.82) is 0 Å². The van der Waals surface area contributed by atoms with E-state index < -0.39 is 5.69 Å². The second kappa shape index (κ2) is 5.41. The van der Waals surface area contributed by atoms with E-state index in [9.17, 15) is 0 Å². The zero-order valence-electron chi connectivity index (χ0n) is 4.86. The van der Waals surface area contributed by atoms with Crippen molar-refractivity contribution in [3.63, 3.8) is 0 Å². The Bertz CT molecular complexity index is 123. The summed E-state index contributed by atoms with van der Waals surface area (Å²) in [5.74, 6) is 0.504. The lowest BCUT2D eigenvalue weighted by molar-refractivity contribution is 0.502. The van der Waals surface area contributed by atoms with Crippen LogP contribution < -0.4 is 6.15 Å². The van der Waals surface area contributed by atoms with Gasteiger partial charge in [0.25, 0.3) is 0 Å². The minimum Gasteiger partial charge on any atom is -0.344 e. The quantitative estimate of drug-likeness (QED) is 0.458. The highest BCUT2D eigenvalue weighted by Crippen LogP contribution is 2.50. The van der Waals surface area contributed by atoms with E-state index in [1.807, 2.05) is 0 Å². The molecule has 0 aromatic heterocycles. The fraction of sp³-hybridized carbons (Fsp3) is 0.333. The maximum absolute atomic E-state index is 8.55. The van der Waals surface area contributed by atoms with Gasteiger partial charge in [-0.15, -0.1) is 6.58 Å². The van der Waals surface area contributed by atoms with Crippen LogP contribution >= 0.6 is 17.1 Å². The van der Waals surface area contributed by atoms with Crippen molar-refractivity contribution in [3.05, 3.63) is 12.7 Å².